The molecule has 0 spiro atoms. The molecule has 0 radical (unpaired) electrons. The number of aromatic carboxylic acids is 1. The van der Waals surface area contributed by atoms with Gasteiger partial charge in [0.25, 0.3) is 0 Å². The van der Waals surface area contributed by atoms with Gasteiger partial charge in [0.05, 0.1) is 0 Å². The van der Waals surface area contributed by atoms with Crippen molar-refractivity contribution in [2.45, 2.75) is 0 Å². The van der Waals surface area contributed by atoms with Crippen molar-refractivity contribution in [3.8, 4) is 34.3 Å². The van der Waals surface area contributed by atoms with Crippen molar-refractivity contribution in [1.29, 1.82) is 0 Å². The monoisotopic (exact) mass is 309 g/mol. The minimum atomic E-state index is -1.14. The Balaban J connectivity index is 1.83. The minimum absolute atomic E-state index is 0.121. The average Bonchev–Trinajstić information content (AvgIpc) is 3.22. The number of hydrogen-bond donors (Lipinski definition) is 1. The number of rotatable bonds is 3. The number of carbonyl (C=O) groups is 1. The van der Waals surface area contributed by atoms with Gasteiger partial charge in [0.15, 0.2) is 23.0 Å². The van der Waals surface area contributed by atoms with Gasteiger partial charge in [-0.3, -0.25) is 0 Å². The SMILES string of the molecule is O=C(O)c1nc(-c2ccc3c(c2)OCO3)oc1-c1ccccc1. The molecule has 114 valence electrons. The molecule has 6 nitrogen and oxygen atoms in total. The van der Waals surface area contributed by atoms with Gasteiger partial charge in [-0.05, 0) is 18.2 Å². The molecule has 1 aliphatic rings. The Hall–Kier alpha value is -3.28. The van der Waals surface area contributed by atoms with Crippen LogP contribution in [0.2, 0.25) is 0 Å². The van der Waals surface area contributed by atoms with E-state index in [0.717, 1.165) is 0 Å². The first kappa shape index (κ1) is 13.4. The van der Waals surface area contributed by atoms with E-state index in [9.17, 15) is 9.90 Å². The molecule has 1 aliphatic heterocycles. The van der Waals surface area contributed by atoms with E-state index >= 15 is 0 Å². The Morgan fingerprint density at radius 2 is 1.78 bits per heavy atom. The lowest BCUT2D eigenvalue weighted by Crippen LogP contribution is -1.98. The van der Waals surface area contributed by atoms with Crippen LogP contribution < -0.4 is 9.47 Å². The van der Waals surface area contributed by atoms with Gasteiger partial charge in [0.1, 0.15) is 0 Å². The zero-order chi connectivity index (χ0) is 15.8. The number of ether oxygens (including phenoxy) is 2. The van der Waals surface area contributed by atoms with Crippen LogP contribution in [-0.2, 0) is 0 Å². The summed E-state index contributed by atoms with van der Waals surface area (Å²) in [7, 11) is 0. The van der Waals surface area contributed by atoms with Gasteiger partial charge in [-0.1, -0.05) is 30.3 Å². The van der Waals surface area contributed by atoms with Crippen LogP contribution in [-0.4, -0.2) is 22.9 Å². The fourth-order valence-corrected chi connectivity index (χ4v) is 2.40. The molecule has 4 rings (SSSR count). The molecule has 23 heavy (non-hydrogen) atoms. The molecule has 1 aromatic heterocycles. The lowest BCUT2D eigenvalue weighted by molar-refractivity contribution is 0.0691. The van der Waals surface area contributed by atoms with Crippen molar-refractivity contribution >= 4 is 5.97 Å². The van der Waals surface area contributed by atoms with E-state index in [2.05, 4.69) is 4.98 Å². The summed E-state index contributed by atoms with van der Waals surface area (Å²) in [6.45, 7) is 0.167. The molecule has 0 bridgehead atoms. The topological polar surface area (TPSA) is 81.8 Å². The zero-order valence-electron chi connectivity index (χ0n) is 11.9. The molecule has 2 aromatic carbocycles. The molecule has 0 atom stereocenters. The summed E-state index contributed by atoms with van der Waals surface area (Å²) in [4.78, 5) is 15.6. The molecule has 6 heteroatoms. The first-order valence-corrected chi connectivity index (χ1v) is 6.92. The van der Waals surface area contributed by atoms with Crippen molar-refractivity contribution in [2.24, 2.45) is 0 Å². The molecule has 0 unspecified atom stereocenters. The molecule has 0 saturated heterocycles. The van der Waals surface area contributed by atoms with Gasteiger partial charge < -0.3 is 19.0 Å². The van der Waals surface area contributed by atoms with Crippen LogP contribution in [0.4, 0.5) is 0 Å². The Kier molecular flexibility index (Phi) is 3.01. The van der Waals surface area contributed by atoms with Crippen LogP contribution in [0.25, 0.3) is 22.8 Å². The highest BCUT2D eigenvalue weighted by atomic mass is 16.7. The van der Waals surface area contributed by atoms with E-state index in [4.69, 9.17) is 13.9 Å². The number of aromatic nitrogens is 1. The second-order valence-electron chi connectivity index (χ2n) is 4.94. The molecular weight excluding hydrogens is 298 g/mol. The molecule has 1 N–H and O–H groups in total. The van der Waals surface area contributed by atoms with E-state index in [-0.39, 0.29) is 24.1 Å². The second-order valence-corrected chi connectivity index (χ2v) is 4.94. The number of benzene rings is 2. The fourth-order valence-electron chi connectivity index (χ4n) is 2.40. The van der Waals surface area contributed by atoms with Crippen molar-refractivity contribution in [3.63, 3.8) is 0 Å². The summed E-state index contributed by atoms with van der Waals surface area (Å²) in [5.41, 5.74) is 1.16. The van der Waals surface area contributed by atoms with Gasteiger partial charge in [0.2, 0.25) is 12.7 Å². The number of nitrogens with zero attached hydrogens (tertiary/aromatic N) is 1. The van der Waals surface area contributed by atoms with Crippen LogP contribution in [0.15, 0.2) is 52.9 Å². The van der Waals surface area contributed by atoms with Crippen molar-refractivity contribution < 1.29 is 23.8 Å². The van der Waals surface area contributed by atoms with Gasteiger partial charge in [-0.2, -0.15) is 0 Å². The molecular formula is C17H11NO5. The summed E-state index contributed by atoms with van der Waals surface area (Å²) in [5, 5.41) is 9.37. The Morgan fingerprint density at radius 3 is 2.57 bits per heavy atom. The molecule has 2 heterocycles. The van der Waals surface area contributed by atoms with E-state index in [1.165, 1.54) is 0 Å². The highest BCUT2D eigenvalue weighted by molar-refractivity contribution is 5.93. The molecule has 0 fully saturated rings. The standard InChI is InChI=1S/C17H11NO5/c19-17(20)14-15(10-4-2-1-3-5-10)23-16(18-14)11-6-7-12-13(8-11)22-9-21-12/h1-8H,9H2,(H,19,20). The Morgan fingerprint density at radius 1 is 1.00 bits per heavy atom. The number of carboxylic acids is 1. The summed E-state index contributed by atoms with van der Waals surface area (Å²) >= 11 is 0. The van der Waals surface area contributed by atoms with Gasteiger partial charge >= 0.3 is 5.97 Å². The maximum absolute atomic E-state index is 11.5. The lowest BCUT2D eigenvalue weighted by atomic mass is 10.1. The quantitative estimate of drug-likeness (QED) is 0.798. The predicted octanol–water partition coefficient (Wildman–Crippen LogP) is 3.44. The highest BCUT2D eigenvalue weighted by Crippen LogP contribution is 2.37. The normalized spacial score (nSPS) is 12.3. The first-order chi connectivity index (χ1) is 11.2. The van der Waals surface area contributed by atoms with E-state index < -0.39 is 5.97 Å². The highest BCUT2D eigenvalue weighted by Gasteiger charge is 2.23. The molecule has 0 amide bonds. The van der Waals surface area contributed by atoms with Crippen LogP contribution >= 0.6 is 0 Å². The van der Waals surface area contributed by atoms with Crippen molar-refractivity contribution in [2.75, 3.05) is 6.79 Å². The third-order valence-corrected chi connectivity index (χ3v) is 3.49. The number of oxazole rings is 1. The van der Waals surface area contributed by atoms with Gasteiger partial charge in [0, 0.05) is 11.1 Å². The third kappa shape index (κ3) is 2.30. The van der Waals surface area contributed by atoms with Crippen molar-refractivity contribution in [3.05, 3.63) is 54.2 Å². The summed E-state index contributed by atoms with van der Waals surface area (Å²) in [5.74, 6) is 0.533. The summed E-state index contributed by atoms with van der Waals surface area (Å²) in [6, 6.07) is 14.2. The van der Waals surface area contributed by atoms with Crippen LogP contribution in [0.3, 0.4) is 0 Å². The predicted molar refractivity (Wildman–Crippen MR) is 80.5 cm³/mol. The smallest absolute Gasteiger partial charge is 0.358 e. The molecule has 0 saturated carbocycles. The maximum atomic E-state index is 11.5. The van der Waals surface area contributed by atoms with Gasteiger partial charge in [-0.15, -0.1) is 0 Å². The van der Waals surface area contributed by atoms with E-state index in [1.807, 2.05) is 18.2 Å². The van der Waals surface area contributed by atoms with Crippen LogP contribution in [0.5, 0.6) is 11.5 Å². The maximum Gasteiger partial charge on any atom is 0.358 e. The number of hydrogen-bond acceptors (Lipinski definition) is 5. The molecule has 3 aromatic rings. The van der Waals surface area contributed by atoms with E-state index in [0.29, 0.717) is 22.6 Å². The van der Waals surface area contributed by atoms with E-state index in [1.54, 1.807) is 30.3 Å². The van der Waals surface area contributed by atoms with Gasteiger partial charge in [-0.25, -0.2) is 9.78 Å². The van der Waals surface area contributed by atoms with Crippen molar-refractivity contribution in [1.82, 2.24) is 4.98 Å². The average molecular weight is 309 g/mol. The molecule has 0 aliphatic carbocycles. The first-order valence-electron chi connectivity index (χ1n) is 6.92. The zero-order valence-corrected chi connectivity index (χ0v) is 11.9. The number of carboxylic acid groups (broad SMARTS) is 1. The minimum Gasteiger partial charge on any atom is -0.476 e. The summed E-state index contributed by atoms with van der Waals surface area (Å²) < 4.78 is 16.3. The summed E-state index contributed by atoms with van der Waals surface area (Å²) in [6.07, 6.45) is 0. The lowest BCUT2D eigenvalue weighted by Gasteiger charge is -1.99. The number of fused-ring (bicyclic) bond motifs is 1. The third-order valence-electron chi connectivity index (χ3n) is 3.49. The second kappa shape index (κ2) is 5.17. The Labute approximate surface area is 130 Å². The Bertz CT molecular complexity index is 885. The fraction of sp³-hybridized carbons (Fsp3) is 0.0588. The largest absolute Gasteiger partial charge is 0.476 e. The van der Waals surface area contributed by atoms with Crippen LogP contribution in [0.1, 0.15) is 10.5 Å². The van der Waals surface area contributed by atoms with Crippen LogP contribution in [0, 0.1) is 0 Å².